The second-order valence-electron chi connectivity index (χ2n) is 5.13. The third-order valence-electron chi connectivity index (χ3n) is 3.22. The van der Waals surface area contributed by atoms with E-state index < -0.39 is 11.1 Å². The lowest BCUT2D eigenvalue weighted by Gasteiger charge is -2.59. The molecule has 0 aromatic rings. The first-order valence-corrected chi connectivity index (χ1v) is 4.70. The molecule has 0 N–H and O–H groups in total. The number of hydrogen-bond acceptors (Lipinski definition) is 3. The summed E-state index contributed by atoms with van der Waals surface area (Å²) in [6.07, 6.45) is 0.362. The first kappa shape index (κ1) is 10.7. The lowest BCUT2D eigenvalue weighted by molar-refractivity contribution is -0.137. The van der Waals surface area contributed by atoms with E-state index in [9.17, 15) is 10.0 Å². The van der Waals surface area contributed by atoms with Crippen molar-refractivity contribution < 1.29 is 4.79 Å². The van der Waals surface area contributed by atoms with Crippen LogP contribution in [0.4, 0.5) is 0 Å². The fourth-order valence-electron chi connectivity index (χ4n) is 2.00. The molecule has 0 bridgehead atoms. The van der Waals surface area contributed by atoms with Gasteiger partial charge in [0, 0.05) is 23.4 Å². The van der Waals surface area contributed by atoms with Gasteiger partial charge in [0.2, 0.25) is 0 Å². The summed E-state index contributed by atoms with van der Waals surface area (Å²) in [4.78, 5) is 11.6. The number of ketones is 1. The molecule has 1 rings (SSSR count). The van der Waals surface area contributed by atoms with Crippen molar-refractivity contribution in [3.63, 3.8) is 0 Å². The Morgan fingerprint density at radius 3 is 2.31 bits per heavy atom. The molecule has 76 valence electrons. The van der Waals surface area contributed by atoms with Crippen molar-refractivity contribution in [2.24, 2.45) is 5.92 Å². The van der Waals surface area contributed by atoms with Crippen molar-refractivity contribution in [3.8, 4) is 0 Å². The van der Waals surface area contributed by atoms with Crippen molar-refractivity contribution >= 4 is 5.78 Å². The molecule has 1 atom stereocenters. The topological polar surface area (TPSA) is 43.4 Å². The molecule has 0 saturated carbocycles. The summed E-state index contributed by atoms with van der Waals surface area (Å²) >= 11 is 0. The quantitative estimate of drug-likeness (QED) is 0.578. The van der Waals surface area contributed by atoms with Crippen LogP contribution in [0.25, 0.3) is 0 Å². The smallest absolute Gasteiger partial charge is 0.139 e. The molecule has 13 heavy (non-hydrogen) atoms. The van der Waals surface area contributed by atoms with Gasteiger partial charge in [0.15, 0.2) is 0 Å². The molecule has 1 unspecified atom stereocenters. The number of carbonyl (C=O) groups is 1. The molecule has 0 radical (unpaired) electrons. The molecule has 0 aromatic carbocycles. The van der Waals surface area contributed by atoms with Gasteiger partial charge in [-0.05, 0) is 27.7 Å². The Morgan fingerprint density at radius 2 is 1.85 bits per heavy atom. The van der Waals surface area contributed by atoms with Crippen LogP contribution >= 0.6 is 0 Å². The van der Waals surface area contributed by atoms with Gasteiger partial charge >= 0.3 is 0 Å². The van der Waals surface area contributed by atoms with Gasteiger partial charge in [-0.3, -0.25) is 4.79 Å². The lowest BCUT2D eigenvalue weighted by Crippen LogP contribution is -2.62. The molecule has 3 heteroatoms. The fraction of sp³-hybridized carbons (Fsp3) is 0.900. The summed E-state index contributed by atoms with van der Waals surface area (Å²) in [6, 6.07) is 0. The van der Waals surface area contributed by atoms with E-state index in [-0.39, 0.29) is 11.7 Å². The number of Topliss-reactive ketones (excluding diaryl/α,β-unsaturated/α-hetero) is 1. The highest BCUT2D eigenvalue weighted by molar-refractivity contribution is 5.84. The number of nitrogens with zero attached hydrogens (tertiary/aromatic N) is 1. The molecule has 0 aromatic heterocycles. The van der Waals surface area contributed by atoms with Crippen molar-refractivity contribution in [2.45, 2.75) is 52.1 Å². The van der Waals surface area contributed by atoms with Crippen LogP contribution in [0.5, 0.6) is 0 Å². The molecular formula is C10H18NO2-. The molecule has 1 fully saturated rings. The third-order valence-corrected chi connectivity index (χ3v) is 3.22. The average Bonchev–Trinajstić information content (AvgIpc) is 1.98. The monoisotopic (exact) mass is 184 g/mol. The van der Waals surface area contributed by atoms with E-state index in [4.69, 9.17) is 0 Å². The molecule has 0 aliphatic carbocycles. The van der Waals surface area contributed by atoms with Gasteiger partial charge in [-0.1, -0.05) is 6.92 Å². The Hall–Kier alpha value is -0.410. The Bertz CT molecular complexity index is 233. The molecular weight excluding hydrogens is 166 g/mol. The predicted molar refractivity (Wildman–Crippen MR) is 52.2 cm³/mol. The Labute approximate surface area is 79.7 Å². The highest BCUT2D eigenvalue weighted by atomic mass is 16.5. The van der Waals surface area contributed by atoms with E-state index >= 15 is 0 Å². The Kier molecular flexibility index (Phi) is 2.29. The maximum Gasteiger partial charge on any atom is 0.139 e. The van der Waals surface area contributed by atoms with E-state index in [1.807, 2.05) is 34.6 Å². The van der Waals surface area contributed by atoms with Gasteiger partial charge in [-0.2, -0.15) is 0 Å². The first-order chi connectivity index (χ1) is 5.69. The second kappa shape index (κ2) is 2.79. The molecule has 0 amide bonds. The minimum Gasteiger partial charge on any atom is -0.784 e. The minimum absolute atomic E-state index is 0.168. The zero-order valence-corrected chi connectivity index (χ0v) is 9.05. The first-order valence-electron chi connectivity index (χ1n) is 4.70. The fourth-order valence-corrected chi connectivity index (χ4v) is 2.00. The Balaban J connectivity index is 3.03. The molecule has 1 aliphatic heterocycles. The van der Waals surface area contributed by atoms with Gasteiger partial charge in [0.25, 0.3) is 0 Å². The van der Waals surface area contributed by atoms with Gasteiger partial charge in [-0.25, -0.2) is 0 Å². The lowest BCUT2D eigenvalue weighted by atomic mass is 9.74. The van der Waals surface area contributed by atoms with Gasteiger partial charge in [-0.15, -0.1) is 0 Å². The third kappa shape index (κ3) is 1.51. The summed E-state index contributed by atoms with van der Waals surface area (Å²) in [5.41, 5.74) is -1.12. The Morgan fingerprint density at radius 1 is 1.38 bits per heavy atom. The molecule has 1 aliphatic rings. The summed E-state index contributed by atoms with van der Waals surface area (Å²) in [6.45, 7) is 9.16. The SMILES string of the molecule is CC1C(=O)CC(C)(C)N([O-])C1(C)C. The van der Waals surface area contributed by atoms with Crippen molar-refractivity contribution in [3.05, 3.63) is 5.21 Å². The second-order valence-corrected chi connectivity index (χ2v) is 5.13. The van der Waals surface area contributed by atoms with E-state index in [1.165, 1.54) is 0 Å². The highest BCUT2D eigenvalue weighted by Gasteiger charge is 2.44. The number of hydrogen-bond donors (Lipinski definition) is 0. The van der Waals surface area contributed by atoms with Gasteiger partial charge in [0.05, 0.1) is 0 Å². The summed E-state index contributed by atoms with van der Waals surface area (Å²) in [5, 5.41) is 13.0. The van der Waals surface area contributed by atoms with Crippen LogP contribution in [0.3, 0.4) is 0 Å². The molecule has 0 spiro atoms. The number of rotatable bonds is 0. The van der Waals surface area contributed by atoms with Gasteiger partial charge < -0.3 is 10.3 Å². The largest absolute Gasteiger partial charge is 0.784 e. The number of hydroxylamine groups is 2. The molecule has 3 nitrogen and oxygen atoms in total. The maximum atomic E-state index is 11.9. The van der Waals surface area contributed by atoms with E-state index in [2.05, 4.69) is 0 Å². The maximum absolute atomic E-state index is 11.9. The standard InChI is InChI=1S/C10H18NO2/c1-7-8(12)6-9(2,3)11(13)10(7,4)5/h7H,6H2,1-5H3/q-1. The van der Waals surface area contributed by atoms with Crippen LogP contribution in [0.15, 0.2) is 0 Å². The summed E-state index contributed by atoms with van der Waals surface area (Å²) in [5.74, 6) is 0.0279. The van der Waals surface area contributed by atoms with Crippen molar-refractivity contribution in [2.75, 3.05) is 0 Å². The predicted octanol–water partition coefficient (Wildman–Crippen LogP) is 1.95. The zero-order valence-electron chi connectivity index (χ0n) is 9.05. The molecule has 1 saturated heterocycles. The van der Waals surface area contributed by atoms with E-state index in [1.54, 1.807) is 0 Å². The normalized spacial score (nSPS) is 33.4. The van der Waals surface area contributed by atoms with E-state index in [0.29, 0.717) is 6.42 Å². The minimum atomic E-state index is -0.571. The van der Waals surface area contributed by atoms with Crippen LogP contribution in [-0.4, -0.2) is 21.9 Å². The van der Waals surface area contributed by atoms with E-state index in [0.717, 1.165) is 5.06 Å². The van der Waals surface area contributed by atoms with Crippen LogP contribution in [0.1, 0.15) is 41.0 Å². The molecule has 1 heterocycles. The van der Waals surface area contributed by atoms with Crippen LogP contribution in [0, 0.1) is 11.1 Å². The highest BCUT2D eigenvalue weighted by Crippen LogP contribution is 2.38. The van der Waals surface area contributed by atoms with Crippen LogP contribution in [-0.2, 0) is 4.79 Å². The summed E-state index contributed by atoms with van der Waals surface area (Å²) < 4.78 is 0. The van der Waals surface area contributed by atoms with Gasteiger partial charge in [0.1, 0.15) is 5.78 Å². The number of piperidine rings is 1. The van der Waals surface area contributed by atoms with Crippen LogP contribution < -0.4 is 0 Å². The van der Waals surface area contributed by atoms with Crippen molar-refractivity contribution in [1.29, 1.82) is 0 Å². The van der Waals surface area contributed by atoms with Crippen LogP contribution in [0.2, 0.25) is 0 Å². The zero-order chi connectivity index (χ0) is 10.4. The number of carbonyl (C=O) groups excluding carboxylic acids is 1. The average molecular weight is 184 g/mol. The summed E-state index contributed by atoms with van der Waals surface area (Å²) in [7, 11) is 0. The van der Waals surface area contributed by atoms with Crippen molar-refractivity contribution in [1.82, 2.24) is 5.06 Å².